The summed E-state index contributed by atoms with van der Waals surface area (Å²) in [7, 11) is 1.62. The Morgan fingerprint density at radius 1 is 1.18 bits per heavy atom. The van der Waals surface area contributed by atoms with Gasteiger partial charge in [-0.2, -0.15) is 0 Å². The highest BCUT2D eigenvalue weighted by atomic mass is 32.1. The highest BCUT2D eigenvalue weighted by molar-refractivity contribution is 7.12. The van der Waals surface area contributed by atoms with Crippen molar-refractivity contribution in [2.24, 2.45) is 10.7 Å². The van der Waals surface area contributed by atoms with Crippen LogP contribution in [-0.2, 0) is 24.3 Å². The maximum atomic E-state index is 15.6. The minimum atomic E-state index is -1.30. The number of nitrogens with two attached hydrogens (primary N) is 1. The van der Waals surface area contributed by atoms with E-state index in [1.54, 1.807) is 36.2 Å². The summed E-state index contributed by atoms with van der Waals surface area (Å²) in [6.45, 7) is 5.15. The molecule has 0 saturated carbocycles. The van der Waals surface area contributed by atoms with E-state index in [1.165, 1.54) is 36.1 Å². The number of ether oxygens (including phenoxy) is 2. The maximum Gasteiger partial charge on any atom is 0.335 e. The molecule has 0 radical (unpaired) electrons. The molecule has 51 heavy (non-hydrogen) atoms. The largest absolute Gasteiger partial charge is 0.478 e. The second-order valence-electron chi connectivity index (χ2n) is 11.4. The van der Waals surface area contributed by atoms with Crippen LogP contribution in [0, 0.1) is 29.3 Å². The summed E-state index contributed by atoms with van der Waals surface area (Å²) in [6, 6.07) is 9.04. The van der Waals surface area contributed by atoms with Crippen LogP contribution in [0.25, 0.3) is 22.3 Å². The number of hydrogen-bond acceptors (Lipinski definition) is 9. The van der Waals surface area contributed by atoms with Gasteiger partial charge in [-0.3, -0.25) is 4.99 Å². The lowest BCUT2D eigenvalue weighted by atomic mass is 10.0. The Bertz CT molecular complexity index is 2160. The molecule has 1 saturated heterocycles. The second kappa shape index (κ2) is 16.9. The Kier molecular flexibility index (Phi) is 12.2. The van der Waals surface area contributed by atoms with Gasteiger partial charge in [-0.05, 0) is 48.2 Å². The first-order valence-electron chi connectivity index (χ1n) is 16.1. The molecule has 10 nitrogen and oxygen atoms in total. The van der Waals surface area contributed by atoms with Crippen molar-refractivity contribution in [1.82, 2.24) is 19.5 Å². The van der Waals surface area contributed by atoms with Crippen LogP contribution in [0.1, 0.15) is 58.3 Å². The number of aromatic nitrogens is 4. The third-order valence-electron chi connectivity index (χ3n) is 7.47. The molecule has 1 unspecified atom stereocenters. The number of aliphatic imine (C=N–C) groups is 1. The Labute approximate surface area is 296 Å². The molecule has 1 atom stereocenters. The smallest absolute Gasteiger partial charge is 0.335 e. The normalized spacial score (nSPS) is 14.1. The number of rotatable bonds is 10. The summed E-state index contributed by atoms with van der Waals surface area (Å²) in [5.74, 6) is 2.70. The van der Waals surface area contributed by atoms with Crippen molar-refractivity contribution in [1.29, 1.82) is 0 Å². The van der Waals surface area contributed by atoms with Crippen molar-refractivity contribution < 1.29 is 32.5 Å². The van der Waals surface area contributed by atoms with Crippen molar-refractivity contribution in [3.05, 3.63) is 105 Å². The number of carboxylic acid groups (broad SMARTS) is 1. The van der Waals surface area contributed by atoms with Crippen LogP contribution in [0.4, 0.5) is 13.2 Å². The number of carbonyl (C=O) groups is 1. The monoisotopic (exact) mass is 716 g/mol. The zero-order valence-electron chi connectivity index (χ0n) is 28.1. The van der Waals surface area contributed by atoms with Gasteiger partial charge < -0.3 is 24.9 Å². The van der Waals surface area contributed by atoms with E-state index in [2.05, 4.69) is 45.6 Å². The van der Waals surface area contributed by atoms with E-state index >= 15 is 8.78 Å². The third-order valence-corrected chi connectivity index (χ3v) is 8.36. The summed E-state index contributed by atoms with van der Waals surface area (Å²) in [5, 5.41) is 10.1. The number of allylic oxidation sites excluding steroid dienone is 1. The number of fused-ring (bicyclic) bond motifs is 1. The van der Waals surface area contributed by atoms with Gasteiger partial charge in [-0.15, -0.1) is 11.3 Å². The van der Waals surface area contributed by atoms with E-state index in [0.717, 1.165) is 24.6 Å². The SMILES string of the molecule is CCC.CN=C/C(C#Cc1cnc(COc2cccc(-c3cc(F)c(Cc4nc5c(F)cc(C(=O)O)cc5n4CC4CCO4)cc3F)n2)s1)=C\N. The highest BCUT2D eigenvalue weighted by Gasteiger charge is 2.25. The zero-order chi connectivity index (χ0) is 36.5. The van der Waals surface area contributed by atoms with E-state index in [9.17, 15) is 14.3 Å². The molecule has 0 spiro atoms. The molecular formula is C37H35F3N6O4S. The van der Waals surface area contributed by atoms with Crippen LogP contribution in [0.2, 0.25) is 0 Å². The fourth-order valence-electron chi connectivity index (χ4n) is 5.02. The van der Waals surface area contributed by atoms with E-state index in [4.69, 9.17) is 15.2 Å². The summed E-state index contributed by atoms with van der Waals surface area (Å²) in [4.78, 5) is 29.2. The first-order chi connectivity index (χ1) is 24.6. The van der Waals surface area contributed by atoms with Crippen molar-refractivity contribution >= 4 is 34.6 Å². The van der Waals surface area contributed by atoms with Crippen molar-refractivity contribution in [2.45, 2.75) is 52.4 Å². The molecule has 0 bridgehead atoms. The topological polar surface area (TPSA) is 138 Å². The molecule has 0 amide bonds. The summed E-state index contributed by atoms with van der Waals surface area (Å²) < 4.78 is 58.9. The number of nitrogens with zero attached hydrogens (tertiary/aromatic N) is 5. The lowest BCUT2D eigenvalue weighted by molar-refractivity contribution is -0.0589. The van der Waals surface area contributed by atoms with Gasteiger partial charge in [-0.1, -0.05) is 32.3 Å². The summed E-state index contributed by atoms with van der Waals surface area (Å²) >= 11 is 1.32. The molecule has 6 rings (SSSR count). The highest BCUT2D eigenvalue weighted by Crippen LogP contribution is 2.30. The first-order valence-corrected chi connectivity index (χ1v) is 16.9. The number of hydrogen-bond donors (Lipinski definition) is 2. The third kappa shape index (κ3) is 8.99. The number of thiazole rings is 1. The van der Waals surface area contributed by atoms with Crippen molar-refractivity contribution in [3.8, 4) is 29.0 Å². The van der Waals surface area contributed by atoms with Gasteiger partial charge in [0.1, 0.15) is 34.6 Å². The summed E-state index contributed by atoms with van der Waals surface area (Å²) in [6.07, 6.45) is 6.14. The van der Waals surface area contributed by atoms with Gasteiger partial charge in [0.05, 0.1) is 46.1 Å². The molecule has 14 heteroatoms. The number of halogens is 3. The molecular weight excluding hydrogens is 682 g/mol. The molecule has 3 aromatic heterocycles. The van der Waals surface area contributed by atoms with Crippen molar-refractivity contribution in [3.63, 3.8) is 0 Å². The quantitative estimate of drug-likeness (QED) is 0.117. The van der Waals surface area contributed by atoms with E-state index < -0.39 is 23.4 Å². The fraction of sp³-hybridized carbons (Fsp3) is 0.270. The molecule has 5 aromatic rings. The maximum absolute atomic E-state index is 15.6. The zero-order valence-corrected chi connectivity index (χ0v) is 28.9. The van der Waals surface area contributed by atoms with Gasteiger partial charge in [-0.25, -0.2) is 32.9 Å². The molecule has 4 heterocycles. The van der Waals surface area contributed by atoms with E-state index in [1.807, 2.05) is 0 Å². The van der Waals surface area contributed by atoms with Crippen LogP contribution in [-0.4, -0.2) is 56.6 Å². The molecule has 1 aliphatic rings. The second-order valence-corrected chi connectivity index (χ2v) is 12.5. The van der Waals surface area contributed by atoms with Gasteiger partial charge in [0.25, 0.3) is 0 Å². The predicted molar refractivity (Wildman–Crippen MR) is 189 cm³/mol. The number of aromatic carboxylic acids is 1. The average Bonchev–Trinajstić information content (AvgIpc) is 3.70. The van der Waals surface area contributed by atoms with Gasteiger partial charge in [0, 0.05) is 44.1 Å². The van der Waals surface area contributed by atoms with Gasteiger partial charge in [0.2, 0.25) is 5.88 Å². The average molecular weight is 717 g/mol. The predicted octanol–water partition coefficient (Wildman–Crippen LogP) is 6.94. The van der Waals surface area contributed by atoms with Crippen molar-refractivity contribution in [2.75, 3.05) is 13.7 Å². The molecule has 1 aliphatic heterocycles. The van der Waals surface area contributed by atoms with Crippen LogP contribution in [0.15, 0.2) is 65.4 Å². The van der Waals surface area contributed by atoms with Crippen LogP contribution < -0.4 is 10.5 Å². The summed E-state index contributed by atoms with van der Waals surface area (Å²) in [5.41, 5.74) is 6.07. The van der Waals surface area contributed by atoms with Crippen LogP contribution in [0.5, 0.6) is 5.88 Å². The molecule has 3 N–H and O–H groups in total. The fourth-order valence-corrected chi connectivity index (χ4v) is 5.70. The number of carboxylic acids is 1. The Hall–Kier alpha value is -5.52. The minimum absolute atomic E-state index is 0.0210. The Balaban J connectivity index is 0.00000162. The van der Waals surface area contributed by atoms with Gasteiger partial charge >= 0.3 is 5.97 Å². The Morgan fingerprint density at radius 3 is 2.65 bits per heavy atom. The molecule has 264 valence electrons. The van der Waals surface area contributed by atoms with E-state index in [0.29, 0.717) is 22.1 Å². The number of pyridine rings is 1. The molecule has 0 aliphatic carbocycles. The minimum Gasteiger partial charge on any atom is -0.478 e. The standard InChI is InChI=1S/C34H27F3N6O4S.C3H8/c1-39-15-19(14-38)5-6-23-16-40-32(48-23)18-47-31-4-2-3-28(41-31)24-13-25(35)20(9-26(24)36)12-30-42-33-27(37)10-21(34(44)45)11-29(33)43(30)17-22-7-8-46-22;1-3-2/h2-4,9-11,13-16,22H,7-8,12,17-18,38H2,1H3,(H,44,45);3H2,1-2H3/b19-14-,39-15?;. The van der Waals surface area contributed by atoms with Gasteiger partial charge in [0.15, 0.2) is 5.82 Å². The molecule has 1 fully saturated rings. The van der Waals surface area contributed by atoms with Crippen LogP contribution in [0.3, 0.4) is 0 Å². The number of imidazole rings is 1. The lowest BCUT2D eigenvalue weighted by Crippen LogP contribution is -2.31. The van der Waals surface area contributed by atoms with E-state index in [-0.39, 0.29) is 70.8 Å². The lowest BCUT2D eigenvalue weighted by Gasteiger charge is -2.27. The Morgan fingerprint density at radius 2 is 1.96 bits per heavy atom. The first kappa shape index (κ1) is 36.8. The number of benzene rings is 2. The molecule has 2 aromatic carbocycles. The van der Waals surface area contributed by atoms with Crippen LogP contribution >= 0.6 is 11.3 Å².